The number of amides is 2. The van der Waals surface area contributed by atoms with E-state index in [4.69, 9.17) is 4.52 Å². The maximum Gasteiger partial charge on any atom is 0.329 e. The third-order valence-corrected chi connectivity index (χ3v) is 4.05. The molecule has 1 saturated heterocycles. The van der Waals surface area contributed by atoms with E-state index >= 15 is 0 Å². The van der Waals surface area contributed by atoms with Gasteiger partial charge in [0.1, 0.15) is 0 Å². The smallest absolute Gasteiger partial charge is 0.329 e. The van der Waals surface area contributed by atoms with Gasteiger partial charge < -0.3 is 14.5 Å². The molecule has 3 unspecified atom stereocenters. The molecule has 7 nitrogen and oxygen atoms in total. The number of hydrogen-bond acceptors (Lipinski definition) is 5. The van der Waals surface area contributed by atoms with Gasteiger partial charge in [-0.25, -0.2) is 4.79 Å². The molecule has 0 spiro atoms. The first-order valence-electron chi connectivity index (χ1n) is 6.66. The Morgan fingerprint density at radius 3 is 2.95 bits per heavy atom. The van der Waals surface area contributed by atoms with Crippen LogP contribution in [0, 0.1) is 18.8 Å². The summed E-state index contributed by atoms with van der Waals surface area (Å²) in [6.07, 6.45) is 2.44. The molecule has 19 heavy (non-hydrogen) atoms. The molecule has 3 atom stereocenters. The molecule has 1 aliphatic carbocycles. The van der Waals surface area contributed by atoms with Gasteiger partial charge in [0.2, 0.25) is 0 Å². The number of carbonyl (C=O) groups is 1. The zero-order chi connectivity index (χ0) is 13.4. The van der Waals surface area contributed by atoms with Gasteiger partial charge in [-0.3, -0.25) is 5.32 Å². The summed E-state index contributed by atoms with van der Waals surface area (Å²) in [5.74, 6) is 1.42. The molecular weight excluding hydrogens is 248 g/mol. The van der Waals surface area contributed by atoms with Crippen molar-refractivity contribution >= 4 is 12.0 Å². The van der Waals surface area contributed by atoms with Crippen LogP contribution in [0.3, 0.4) is 0 Å². The molecule has 104 valence electrons. The van der Waals surface area contributed by atoms with Crippen LogP contribution in [0.4, 0.5) is 10.8 Å². The average Bonchev–Trinajstić information content (AvgIpc) is 2.95. The van der Waals surface area contributed by atoms with Gasteiger partial charge in [0.05, 0.1) is 6.10 Å². The Labute approximate surface area is 111 Å². The zero-order valence-electron chi connectivity index (χ0n) is 10.9. The van der Waals surface area contributed by atoms with Crippen molar-refractivity contribution in [1.29, 1.82) is 0 Å². The van der Waals surface area contributed by atoms with E-state index in [1.54, 1.807) is 11.8 Å². The lowest BCUT2D eigenvalue weighted by Crippen LogP contribution is -2.33. The summed E-state index contributed by atoms with van der Waals surface area (Å²) in [6.45, 7) is 3.14. The van der Waals surface area contributed by atoms with E-state index in [0.29, 0.717) is 24.2 Å². The number of fused-ring (bicyclic) bond motifs is 1. The maximum absolute atomic E-state index is 12.1. The predicted octanol–water partition coefficient (Wildman–Crippen LogP) is 1.00. The van der Waals surface area contributed by atoms with Crippen molar-refractivity contribution in [3.05, 3.63) is 5.82 Å². The number of aryl methyl sites for hydroxylation is 1. The third kappa shape index (κ3) is 2.56. The number of anilines is 1. The fraction of sp³-hybridized carbons (Fsp3) is 0.750. The van der Waals surface area contributed by atoms with Crippen LogP contribution < -0.4 is 5.32 Å². The molecule has 2 fully saturated rings. The summed E-state index contributed by atoms with van der Waals surface area (Å²) in [6, 6.07) is -0.0649. The summed E-state index contributed by atoms with van der Waals surface area (Å²) < 4.78 is 4.87. The Bertz CT molecular complexity index is 475. The Hall–Kier alpha value is -1.63. The first-order valence-corrected chi connectivity index (χ1v) is 6.66. The molecule has 3 rings (SSSR count). The second-order valence-electron chi connectivity index (χ2n) is 5.47. The lowest BCUT2D eigenvalue weighted by Gasteiger charge is -2.27. The summed E-state index contributed by atoms with van der Waals surface area (Å²) in [5, 5.41) is 15.9. The third-order valence-electron chi connectivity index (χ3n) is 4.05. The van der Waals surface area contributed by atoms with E-state index < -0.39 is 0 Å². The van der Waals surface area contributed by atoms with E-state index in [-0.39, 0.29) is 18.1 Å². The standard InChI is InChI=1S/C12H18N4O3/c1-7-13-11(19-15-7)14-12(18)16-5-8-2-3-10(17)4-9(8)6-16/h8-10,17H,2-6H2,1H3,(H,13,14,15,18). The monoisotopic (exact) mass is 266 g/mol. The molecule has 2 aliphatic rings. The molecular formula is C12H18N4O3. The molecule has 1 aromatic heterocycles. The fourth-order valence-corrected chi connectivity index (χ4v) is 3.09. The molecule has 0 aromatic carbocycles. The first kappa shape index (κ1) is 12.4. The molecule has 1 aromatic rings. The molecule has 2 N–H and O–H groups in total. The minimum atomic E-state index is -0.206. The van der Waals surface area contributed by atoms with Gasteiger partial charge >= 0.3 is 12.0 Å². The van der Waals surface area contributed by atoms with Crippen molar-refractivity contribution in [2.24, 2.45) is 11.8 Å². The lowest BCUT2D eigenvalue weighted by molar-refractivity contribution is 0.0866. The number of likely N-dealkylation sites (tertiary alicyclic amines) is 1. The summed E-state index contributed by atoms with van der Waals surface area (Å²) in [4.78, 5) is 17.8. The summed E-state index contributed by atoms with van der Waals surface area (Å²) in [5.41, 5.74) is 0. The van der Waals surface area contributed by atoms with E-state index in [2.05, 4.69) is 15.5 Å². The van der Waals surface area contributed by atoms with Crippen molar-refractivity contribution < 1.29 is 14.4 Å². The number of nitrogens with zero attached hydrogens (tertiary/aromatic N) is 3. The number of carbonyl (C=O) groups excluding carboxylic acids is 1. The van der Waals surface area contributed by atoms with Crippen LogP contribution in [0.15, 0.2) is 4.52 Å². The van der Waals surface area contributed by atoms with Crippen molar-refractivity contribution in [1.82, 2.24) is 15.0 Å². The van der Waals surface area contributed by atoms with Crippen LogP contribution in [-0.2, 0) is 0 Å². The average molecular weight is 266 g/mol. The van der Waals surface area contributed by atoms with Crippen LogP contribution in [-0.4, -0.2) is 45.4 Å². The SMILES string of the molecule is Cc1noc(NC(=O)N2CC3CCC(O)CC3C2)n1. The second kappa shape index (κ2) is 4.80. The quantitative estimate of drug-likeness (QED) is 0.791. The summed E-state index contributed by atoms with van der Waals surface area (Å²) in [7, 11) is 0. The van der Waals surface area contributed by atoms with Gasteiger partial charge in [-0.2, -0.15) is 4.98 Å². The van der Waals surface area contributed by atoms with Crippen LogP contribution in [0.1, 0.15) is 25.1 Å². The Morgan fingerprint density at radius 2 is 2.21 bits per heavy atom. The second-order valence-corrected chi connectivity index (χ2v) is 5.47. The molecule has 0 radical (unpaired) electrons. The number of aromatic nitrogens is 2. The number of aliphatic hydroxyl groups excluding tert-OH is 1. The highest BCUT2D eigenvalue weighted by Gasteiger charge is 2.39. The number of hydrogen-bond donors (Lipinski definition) is 2. The topological polar surface area (TPSA) is 91.5 Å². The maximum atomic E-state index is 12.1. The minimum absolute atomic E-state index is 0.136. The van der Waals surface area contributed by atoms with Crippen molar-refractivity contribution in [2.75, 3.05) is 18.4 Å². The molecule has 1 saturated carbocycles. The Morgan fingerprint density at radius 1 is 1.42 bits per heavy atom. The predicted molar refractivity (Wildman–Crippen MR) is 66.5 cm³/mol. The van der Waals surface area contributed by atoms with Crippen LogP contribution in [0.25, 0.3) is 0 Å². The molecule has 2 heterocycles. The molecule has 1 aliphatic heterocycles. The van der Waals surface area contributed by atoms with Gasteiger partial charge in [0, 0.05) is 13.1 Å². The van der Waals surface area contributed by atoms with Crippen molar-refractivity contribution in [3.8, 4) is 0 Å². The van der Waals surface area contributed by atoms with Crippen LogP contribution in [0.5, 0.6) is 0 Å². The normalized spacial score (nSPS) is 30.2. The van der Waals surface area contributed by atoms with Crippen molar-refractivity contribution in [2.45, 2.75) is 32.3 Å². The van der Waals surface area contributed by atoms with E-state index in [9.17, 15) is 9.90 Å². The number of nitrogens with one attached hydrogen (secondary N) is 1. The van der Waals surface area contributed by atoms with Gasteiger partial charge in [0.15, 0.2) is 5.82 Å². The van der Waals surface area contributed by atoms with E-state index in [1.807, 2.05) is 0 Å². The molecule has 7 heteroatoms. The highest BCUT2D eigenvalue weighted by atomic mass is 16.5. The van der Waals surface area contributed by atoms with Crippen LogP contribution in [0.2, 0.25) is 0 Å². The zero-order valence-corrected chi connectivity index (χ0v) is 10.9. The molecule has 2 amide bonds. The van der Waals surface area contributed by atoms with E-state index in [0.717, 1.165) is 25.8 Å². The van der Waals surface area contributed by atoms with Gasteiger partial charge in [-0.1, -0.05) is 5.16 Å². The molecule has 0 bridgehead atoms. The number of rotatable bonds is 1. The van der Waals surface area contributed by atoms with Gasteiger partial charge in [0.25, 0.3) is 0 Å². The number of aliphatic hydroxyl groups is 1. The lowest BCUT2D eigenvalue weighted by atomic mass is 9.80. The summed E-state index contributed by atoms with van der Waals surface area (Å²) >= 11 is 0. The highest BCUT2D eigenvalue weighted by Crippen LogP contribution is 2.36. The van der Waals surface area contributed by atoms with Gasteiger partial charge in [-0.05, 0) is 38.0 Å². The Kier molecular flexibility index (Phi) is 3.14. The Balaban J connectivity index is 1.59. The van der Waals surface area contributed by atoms with Gasteiger partial charge in [-0.15, -0.1) is 0 Å². The minimum Gasteiger partial charge on any atom is -0.393 e. The first-order chi connectivity index (χ1) is 9.11. The highest BCUT2D eigenvalue weighted by molar-refractivity contribution is 5.87. The largest absolute Gasteiger partial charge is 0.393 e. The van der Waals surface area contributed by atoms with Crippen LogP contribution >= 0.6 is 0 Å². The number of urea groups is 1. The van der Waals surface area contributed by atoms with Crippen molar-refractivity contribution in [3.63, 3.8) is 0 Å². The van der Waals surface area contributed by atoms with E-state index in [1.165, 1.54) is 0 Å². The fourth-order valence-electron chi connectivity index (χ4n) is 3.09.